The van der Waals surface area contributed by atoms with E-state index in [-0.39, 0.29) is 23.8 Å². The summed E-state index contributed by atoms with van der Waals surface area (Å²) in [5, 5.41) is 4.22. The molecule has 5 nitrogen and oxygen atoms in total. The van der Waals surface area contributed by atoms with Crippen molar-refractivity contribution in [3.8, 4) is 0 Å². The highest BCUT2D eigenvalue weighted by Gasteiger charge is 2.60. The molecule has 2 amide bonds. The number of para-hydroxylation sites is 1. The number of imide groups is 1. The van der Waals surface area contributed by atoms with Crippen molar-refractivity contribution < 1.29 is 14.0 Å². The number of hydrogen-bond acceptors (Lipinski definition) is 4. The van der Waals surface area contributed by atoms with Crippen LogP contribution < -0.4 is 9.91 Å². The molecular formula is C33H24Br2FN3O2. The number of amides is 2. The first kappa shape index (κ1) is 26.2. The molecule has 8 heteroatoms. The second kappa shape index (κ2) is 10.3. The number of halogens is 3. The van der Waals surface area contributed by atoms with E-state index in [0.717, 1.165) is 31.5 Å². The fraction of sp³-hybridized carbons (Fsp3) is 0.152. The topological polar surface area (TPSA) is 43.9 Å². The van der Waals surface area contributed by atoms with Crippen LogP contribution in [0.15, 0.2) is 124 Å². The van der Waals surface area contributed by atoms with Gasteiger partial charge in [0.25, 0.3) is 5.91 Å². The van der Waals surface area contributed by atoms with E-state index in [2.05, 4.69) is 55.1 Å². The average Bonchev–Trinajstić information content (AvgIpc) is 3.49. The molecule has 0 aliphatic carbocycles. The predicted octanol–water partition coefficient (Wildman–Crippen LogP) is 7.76. The Bertz CT molecular complexity index is 1660. The molecule has 0 spiro atoms. The lowest BCUT2D eigenvalue weighted by molar-refractivity contribution is -0.122. The van der Waals surface area contributed by atoms with E-state index < -0.39 is 17.8 Å². The van der Waals surface area contributed by atoms with Gasteiger partial charge in [0.05, 0.1) is 23.3 Å². The standard InChI is InChI=1S/C33H24Br2FN3O2/c34-22-10-6-20(7-11-22)28-18-27-19-29(21-8-12-23(35)13-9-21)38(26-4-2-1-3-5-26)39(27)31-30(28)32(40)37(33(31)41)25-16-14-24(36)15-17-25/h1-18,28-31H,19H2. The van der Waals surface area contributed by atoms with Gasteiger partial charge >= 0.3 is 0 Å². The average molecular weight is 673 g/mol. The van der Waals surface area contributed by atoms with Gasteiger partial charge in [-0.1, -0.05) is 80.4 Å². The number of allylic oxidation sites excluding steroid dienone is 1. The molecule has 0 bridgehead atoms. The number of carbonyl (C=O) groups is 2. The Balaban J connectivity index is 1.41. The fourth-order valence-corrected chi connectivity index (χ4v) is 6.91. The van der Waals surface area contributed by atoms with Crippen molar-refractivity contribution >= 4 is 55.0 Å². The number of carbonyl (C=O) groups excluding carboxylic acids is 2. The van der Waals surface area contributed by atoms with Crippen molar-refractivity contribution in [2.45, 2.75) is 24.4 Å². The summed E-state index contributed by atoms with van der Waals surface area (Å²) in [6, 6.07) is 30.9. The summed E-state index contributed by atoms with van der Waals surface area (Å²) in [4.78, 5) is 29.8. The van der Waals surface area contributed by atoms with Crippen LogP contribution >= 0.6 is 31.9 Å². The number of benzene rings is 4. The molecule has 204 valence electrons. The third-order valence-corrected chi connectivity index (χ3v) is 9.24. The molecule has 2 fully saturated rings. The number of hydrazine groups is 1. The molecule has 4 atom stereocenters. The fourth-order valence-electron chi connectivity index (χ4n) is 6.38. The van der Waals surface area contributed by atoms with E-state index in [1.165, 1.54) is 29.2 Å². The van der Waals surface area contributed by atoms with Crippen molar-refractivity contribution in [3.63, 3.8) is 0 Å². The first-order valence-corrected chi connectivity index (χ1v) is 15.0. The first-order chi connectivity index (χ1) is 19.9. The quantitative estimate of drug-likeness (QED) is 0.208. The van der Waals surface area contributed by atoms with E-state index in [0.29, 0.717) is 12.1 Å². The third kappa shape index (κ3) is 4.41. The lowest BCUT2D eigenvalue weighted by Crippen LogP contribution is -2.53. The highest BCUT2D eigenvalue weighted by atomic mass is 79.9. The molecule has 2 saturated heterocycles. The Morgan fingerprint density at radius 1 is 0.659 bits per heavy atom. The van der Waals surface area contributed by atoms with Gasteiger partial charge in [0.2, 0.25) is 5.91 Å². The van der Waals surface area contributed by atoms with Gasteiger partial charge in [-0.05, 0) is 71.8 Å². The second-order valence-electron chi connectivity index (χ2n) is 10.5. The maximum Gasteiger partial charge on any atom is 0.259 e. The Morgan fingerprint density at radius 2 is 1.27 bits per heavy atom. The highest BCUT2D eigenvalue weighted by Crippen LogP contribution is 2.52. The summed E-state index contributed by atoms with van der Waals surface area (Å²) in [5.74, 6) is -1.98. The summed E-state index contributed by atoms with van der Waals surface area (Å²) >= 11 is 7.07. The molecule has 4 aromatic carbocycles. The summed E-state index contributed by atoms with van der Waals surface area (Å²) in [7, 11) is 0. The Morgan fingerprint density at radius 3 is 1.90 bits per heavy atom. The zero-order valence-corrected chi connectivity index (χ0v) is 24.9. The summed E-state index contributed by atoms with van der Waals surface area (Å²) in [5.41, 5.74) is 4.39. The summed E-state index contributed by atoms with van der Waals surface area (Å²) < 4.78 is 15.7. The predicted molar refractivity (Wildman–Crippen MR) is 163 cm³/mol. The largest absolute Gasteiger partial charge is 0.277 e. The Kier molecular flexibility index (Phi) is 6.55. The minimum atomic E-state index is -0.762. The van der Waals surface area contributed by atoms with Crippen molar-refractivity contribution in [2.24, 2.45) is 5.92 Å². The monoisotopic (exact) mass is 671 g/mol. The van der Waals surface area contributed by atoms with Gasteiger partial charge in [-0.15, -0.1) is 0 Å². The molecular weight excluding hydrogens is 649 g/mol. The van der Waals surface area contributed by atoms with Crippen LogP contribution in [0.2, 0.25) is 0 Å². The van der Waals surface area contributed by atoms with Crippen LogP contribution in [0.1, 0.15) is 29.5 Å². The summed E-state index contributed by atoms with van der Waals surface area (Å²) in [6.07, 6.45) is 2.84. The number of nitrogens with zero attached hydrogens (tertiary/aromatic N) is 3. The molecule has 0 radical (unpaired) electrons. The van der Waals surface area contributed by atoms with Crippen molar-refractivity contribution in [2.75, 3.05) is 9.91 Å². The molecule has 7 rings (SSSR count). The molecule has 41 heavy (non-hydrogen) atoms. The van der Waals surface area contributed by atoms with Crippen LogP contribution in [0.3, 0.4) is 0 Å². The second-order valence-corrected chi connectivity index (χ2v) is 12.3. The number of rotatable bonds is 4. The molecule has 0 aromatic heterocycles. The van der Waals surface area contributed by atoms with Gasteiger partial charge < -0.3 is 0 Å². The van der Waals surface area contributed by atoms with Crippen molar-refractivity contribution in [3.05, 3.63) is 141 Å². The Hall–Kier alpha value is -3.75. The first-order valence-electron chi connectivity index (χ1n) is 13.4. The van der Waals surface area contributed by atoms with Gasteiger partial charge in [0, 0.05) is 27.0 Å². The van der Waals surface area contributed by atoms with Crippen LogP contribution in [0.4, 0.5) is 15.8 Å². The van der Waals surface area contributed by atoms with Gasteiger partial charge in [-0.2, -0.15) is 0 Å². The van der Waals surface area contributed by atoms with E-state index in [4.69, 9.17) is 0 Å². The van der Waals surface area contributed by atoms with Crippen LogP contribution in [-0.2, 0) is 9.59 Å². The minimum absolute atomic E-state index is 0.0798. The van der Waals surface area contributed by atoms with E-state index >= 15 is 0 Å². The van der Waals surface area contributed by atoms with Crippen LogP contribution in [-0.4, -0.2) is 22.9 Å². The Labute approximate surface area is 254 Å². The van der Waals surface area contributed by atoms with Crippen LogP contribution in [0, 0.1) is 11.7 Å². The maximum atomic E-state index is 14.4. The van der Waals surface area contributed by atoms with Crippen LogP contribution in [0.5, 0.6) is 0 Å². The third-order valence-electron chi connectivity index (χ3n) is 8.18. The van der Waals surface area contributed by atoms with E-state index in [1.54, 1.807) is 0 Å². The zero-order chi connectivity index (χ0) is 28.2. The molecule has 3 aliphatic rings. The van der Waals surface area contributed by atoms with E-state index in [1.807, 2.05) is 71.7 Å². The lowest BCUT2D eigenvalue weighted by atomic mass is 9.78. The summed E-state index contributed by atoms with van der Waals surface area (Å²) in [6.45, 7) is 0. The normalized spacial score (nSPS) is 23.5. The minimum Gasteiger partial charge on any atom is -0.277 e. The molecule has 3 aliphatic heterocycles. The number of fused-ring (bicyclic) bond motifs is 3. The number of hydrogen-bond donors (Lipinski definition) is 0. The zero-order valence-electron chi connectivity index (χ0n) is 21.7. The van der Waals surface area contributed by atoms with Gasteiger partial charge in [0.1, 0.15) is 11.9 Å². The van der Waals surface area contributed by atoms with Gasteiger partial charge in [-0.25, -0.2) is 9.29 Å². The lowest BCUT2D eigenvalue weighted by Gasteiger charge is -2.43. The molecule has 4 unspecified atom stereocenters. The van der Waals surface area contributed by atoms with E-state index in [9.17, 15) is 14.0 Å². The van der Waals surface area contributed by atoms with Crippen molar-refractivity contribution in [1.29, 1.82) is 0 Å². The molecule has 0 N–H and O–H groups in total. The highest BCUT2D eigenvalue weighted by molar-refractivity contribution is 9.10. The number of anilines is 2. The molecule has 0 saturated carbocycles. The molecule has 3 heterocycles. The van der Waals surface area contributed by atoms with Gasteiger partial charge in [0.15, 0.2) is 0 Å². The SMILES string of the molecule is O=C1C2C(c3ccc(Br)cc3)C=C3CC(c4ccc(Br)cc4)N(c4ccccc4)N3C2C(=O)N1c1ccc(F)cc1. The van der Waals surface area contributed by atoms with Crippen molar-refractivity contribution in [1.82, 2.24) is 5.01 Å². The van der Waals surface area contributed by atoms with Crippen LogP contribution in [0.25, 0.3) is 0 Å². The molecule has 4 aromatic rings. The smallest absolute Gasteiger partial charge is 0.259 e. The van der Waals surface area contributed by atoms with Gasteiger partial charge in [-0.3, -0.25) is 19.6 Å². The maximum absolute atomic E-state index is 14.4.